The SMILES string of the molecule is OCCN1C[C@@H](OCc2ccccc2)[C@H](OCc2ccccc2)[C@@H](OCc2ccccc2)[C@@H]1COCc1ccccc1. The van der Waals surface area contributed by atoms with Gasteiger partial charge in [0.25, 0.3) is 0 Å². The molecule has 0 bridgehead atoms. The Morgan fingerprint density at radius 3 is 1.45 bits per heavy atom. The summed E-state index contributed by atoms with van der Waals surface area (Å²) in [5.74, 6) is 0. The Morgan fingerprint density at radius 2 is 0.976 bits per heavy atom. The van der Waals surface area contributed by atoms with E-state index in [2.05, 4.69) is 53.4 Å². The van der Waals surface area contributed by atoms with Crippen LogP contribution in [0.3, 0.4) is 0 Å². The zero-order valence-electron chi connectivity index (χ0n) is 24.0. The van der Waals surface area contributed by atoms with Crippen LogP contribution in [-0.2, 0) is 45.4 Å². The number of β-amino-alcohol motifs (C(OH)–C–C–N with tert-alkyl or cyclic N) is 1. The summed E-state index contributed by atoms with van der Waals surface area (Å²) in [7, 11) is 0. The number of piperidine rings is 1. The maximum Gasteiger partial charge on any atom is 0.113 e. The molecule has 1 aliphatic rings. The fraction of sp³-hybridized carbons (Fsp3) is 0.333. The molecule has 6 heteroatoms. The number of rotatable bonds is 15. The van der Waals surface area contributed by atoms with Crippen molar-refractivity contribution in [2.75, 3.05) is 26.3 Å². The van der Waals surface area contributed by atoms with Gasteiger partial charge in [-0.3, -0.25) is 4.90 Å². The van der Waals surface area contributed by atoms with Crippen LogP contribution in [0.2, 0.25) is 0 Å². The summed E-state index contributed by atoms with van der Waals surface area (Å²) in [5.41, 5.74) is 4.40. The van der Waals surface area contributed by atoms with E-state index in [1.165, 1.54) is 0 Å². The van der Waals surface area contributed by atoms with E-state index < -0.39 is 0 Å². The monoisotopic (exact) mass is 567 g/mol. The van der Waals surface area contributed by atoms with Crippen LogP contribution in [0.5, 0.6) is 0 Å². The van der Waals surface area contributed by atoms with Crippen molar-refractivity contribution < 1.29 is 24.1 Å². The smallest absolute Gasteiger partial charge is 0.113 e. The van der Waals surface area contributed by atoms with Gasteiger partial charge in [0.2, 0.25) is 0 Å². The molecule has 4 aromatic carbocycles. The van der Waals surface area contributed by atoms with Gasteiger partial charge >= 0.3 is 0 Å². The van der Waals surface area contributed by atoms with Crippen molar-refractivity contribution in [2.24, 2.45) is 0 Å². The molecule has 0 spiro atoms. The first-order valence-electron chi connectivity index (χ1n) is 14.7. The van der Waals surface area contributed by atoms with E-state index in [0.717, 1.165) is 22.3 Å². The van der Waals surface area contributed by atoms with E-state index in [9.17, 15) is 5.11 Å². The van der Waals surface area contributed by atoms with Crippen LogP contribution in [0.25, 0.3) is 0 Å². The third kappa shape index (κ3) is 8.82. The Labute approximate surface area is 249 Å². The van der Waals surface area contributed by atoms with Gasteiger partial charge in [-0.2, -0.15) is 0 Å². The molecule has 1 heterocycles. The van der Waals surface area contributed by atoms with Crippen molar-refractivity contribution in [2.45, 2.75) is 50.8 Å². The molecule has 42 heavy (non-hydrogen) atoms. The van der Waals surface area contributed by atoms with Gasteiger partial charge in [0.05, 0.1) is 51.8 Å². The second kappa shape index (κ2) is 16.3. The molecule has 220 valence electrons. The lowest BCUT2D eigenvalue weighted by atomic mass is 9.93. The molecule has 6 nitrogen and oxygen atoms in total. The first-order valence-corrected chi connectivity index (χ1v) is 14.7. The average molecular weight is 568 g/mol. The Morgan fingerprint density at radius 1 is 0.548 bits per heavy atom. The number of hydrogen-bond donors (Lipinski definition) is 1. The molecule has 0 aromatic heterocycles. The van der Waals surface area contributed by atoms with Gasteiger partial charge in [-0.25, -0.2) is 0 Å². The minimum absolute atomic E-state index is 0.0293. The zero-order chi connectivity index (χ0) is 28.8. The molecule has 4 aromatic rings. The van der Waals surface area contributed by atoms with E-state index in [4.69, 9.17) is 18.9 Å². The molecule has 5 rings (SSSR count). The van der Waals surface area contributed by atoms with Crippen molar-refractivity contribution in [3.8, 4) is 0 Å². The summed E-state index contributed by atoms with van der Waals surface area (Å²) in [6.45, 7) is 3.39. The van der Waals surface area contributed by atoms with Crippen molar-refractivity contribution in [1.29, 1.82) is 0 Å². The number of benzene rings is 4. The number of ether oxygens (including phenoxy) is 4. The van der Waals surface area contributed by atoms with Crippen LogP contribution in [0.4, 0.5) is 0 Å². The van der Waals surface area contributed by atoms with Gasteiger partial charge in [-0.15, -0.1) is 0 Å². The molecule has 1 fully saturated rings. The third-order valence-corrected chi connectivity index (χ3v) is 7.62. The van der Waals surface area contributed by atoms with Crippen molar-refractivity contribution in [1.82, 2.24) is 4.90 Å². The Kier molecular flexibility index (Phi) is 11.7. The molecule has 0 radical (unpaired) electrons. The number of likely N-dealkylation sites (tertiary alicyclic amines) is 1. The lowest BCUT2D eigenvalue weighted by Crippen LogP contribution is -2.65. The van der Waals surface area contributed by atoms with Crippen molar-refractivity contribution in [3.05, 3.63) is 144 Å². The number of aliphatic hydroxyl groups is 1. The van der Waals surface area contributed by atoms with Crippen LogP contribution in [0.15, 0.2) is 121 Å². The molecule has 1 aliphatic heterocycles. The second-order valence-electron chi connectivity index (χ2n) is 10.6. The maximum absolute atomic E-state index is 10.1. The highest BCUT2D eigenvalue weighted by molar-refractivity contribution is 5.16. The molecule has 0 unspecified atom stereocenters. The quantitative estimate of drug-likeness (QED) is 0.201. The van der Waals surface area contributed by atoms with Crippen LogP contribution < -0.4 is 0 Å². The van der Waals surface area contributed by atoms with E-state index in [1.54, 1.807) is 0 Å². The summed E-state index contributed by atoms with van der Waals surface area (Å²) in [4.78, 5) is 2.23. The largest absolute Gasteiger partial charge is 0.395 e. The number of hydrogen-bond acceptors (Lipinski definition) is 6. The topological polar surface area (TPSA) is 60.4 Å². The molecule has 0 saturated carbocycles. The molecule has 4 atom stereocenters. The highest BCUT2D eigenvalue weighted by atomic mass is 16.6. The number of nitrogens with zero attached hydrogens (tertiary/aromatic N) is 1. The van der Waals surface area contributed by atoms with Gasteiger partial charge in [0.15, 0.2) is 0 Å². The average Bonchev–Trinajstić information content (AvgIpc) is 3.05. The Bertz CT molecular complexity index is 1280. The van der Waals surface area contributed by atoms with Gasteiger partial charge in [0, 0.05) is 13.1 Å². The third-order valence-electron chi connectivity index (χ3n) is 7.62. The first-order chi connectivity index (χ1) is 20.8. The van der Waals surface area contributed by atoms with E-state index >= 15 is 0 Å². The van der Waals surface area contributed by atoms with E-state index in [-0.39, 0.29) is 31.0 Å². The van der Waals surface area contributed by atoms with Crippen LogP contribution in [-0.4, -0.2) is 60.7 Å². The summed E-state index contributed by atoms with van der Waals surface area (Å²) >= 11 is 0. The molecular formula is C36H41NO5. The highest BCUT2D eigenvalue weighted by Gasteiger charge is 2.46. The minimum atomic E-state index is -0.356. The van der Waals surface area contributed by atoms with Crippen molar-refractivity contribution >= 4 is 0 Å². The lowest BCUT2D eigenvalue weighted by molar-refractivity contribution is -0.211. The maximum atomic E-state index is 10.1. The second-order valence-corrected chi connectivity index (χ2v) is 10.6. The minimum Gasteiger partial charge on any atom is -0.395 e. The highest BCUT2D eigenvalue weighted by Crippen LogP contribution is 2.29. The summed E-state index contributed by atoms with van der Waals surface area (Å²) in [5, 5.41) is 10.1. The fourth-order valence-electron chi connectivity index (χ4n) is 5.43. The molecule has 0 aliphatic carbocycles. The molecule has 0 amide bonds. The van der Waals surface area contributed by atoms with E-state index in [0.29, 0.717) is 46.1 Å². The normalized spacial score (nSPS) is 20.9. The Hall–Kier alpha value is -3.36. The van der Waals surface area contributed by atoms with Gasteiger partial charge in [-0.05, 0) is 22.3 Å². The number of aliphatic hydroxyl groups excluding tert-OH is 1. The molecular weight excluding hydrogens is 526 g/mol. The van der Waals surface area contributed by atoms with Crippen LogP contribution in [0.1, 0.15) is 22.3 Å². The predicted molar refractivity (Wildman–Crippen MR) is 164 cm³/mol. The van der Waals surface area contributed by atoms with Crippen molar-refractivity contribution in [3.63, 3.8) is 0 Å². The van der Waals surface area contributed by atoms with Crippen LogP contribution in [0, 0.1) is 0 Å². The van der Waals surface area contributed by atoms with Gasteiger partial charge in [-0.1, -0.05) is 121 Å². The summed E-state index contributed by atoms with van der Waals surface area (Å²) < 4.78 is 26.3. The summed E-state index contributed by atoms with van der Waals surface area (Å²) in [6.07, 6.45) is -0.977. The van der Waals surface area contributed by atoms with Gasteiger partial charge in [0.1, 0.15) is 12.2 Å². The van der Waals surface area contributed by atoms with E-state index in [1.807, 2.05) is 72.8 Å². The lowest BCUT2D eigenvalue weighted by Gasteiger charge is -2.48. The first kappa shape index (κ1) is 30.1. The summed E-state index contributed by atoms with van der Waals surface area (Å²) in [6, 6.07) is 40.6. The predicted octanol–water partition coefficient (Wildman–Crippen LogP) is 5.64. The molecule has 1 saturated heterocycles. The van der Waals surface area contributed by atoms with Gasteiger partial charge < -0.3 is 24.1 Å². The van der Waals surface area contributed by atoms with Crippen LogP contribution >= 0.6 is 0 Å². The standard InChI is InChI=1S/C36H41NO5/c38-22-21-37-23-34(40-25-30-15-7-2-8-16-30)36(42-27-32-19-11-4-12-20-32)35(41-26-31-17-9-3-10-18-31)33(37)28-39-24-29-13-5-1-6-14-29/h1-20,33-36,38H,21-28H2/t33-,34+,35-,36-/m0/s1. The zero-order valence-corrected chi connectivity index (χ0v) is 24.0. The molecule has 1 N–H and O–H groups in total. The Balaban J connectivity index is 1.40. The fourth-order valence-corrected chi connectivity index (χ4v) is 5.43.